The molecule has 1 saturated heterocycles. The van der Waals surface area contributed by atoms with Crippen molar-refractivity contribution < 1.29 is 20.0 Å². The first-order chi connectivity index (χ1) is 12.9. The molecule has 1 saturated carbocycles. The van der Waals surface area contributed by atoms with Gasteiger partial charge in [-0.1, -0.05) is 55.8 Å². The molecule has 4 nitrogen and oxygen atoms in total. The highest BCUT2D eigenvalue weighted by Crippen LogP contribution is 2.55. The van der Waals surface area contributed by atoms with Crippen molar-refractivity contribution in [2.75, 3.05) is 6.54 Å². The minimum atomic E-state index is -0.519. The highest BCUT2D eigenvalue weighted by atomic mass is 16.6. The SMILES string of the molecule is C[C@H]([NH2+]C[C@@H]1C(=O)O[C@@H]2CC3=CCC[C@@H](C)[C@@]3(C)[C@H](O)[C@H]12)c1ccccc1. The predicted octanol–water partition coefficient (Wildman–Crippen LogP) is 2.60. The molecule has 0 radical (unpaired) electrons. The van der Waals surface area contributed by atoms with E-state index >= 15 is 0 Å². The third-order valence-electron chi connectivity index (χ3n) is 7.64. The first-order valence-electron chi connectivity index (χ1n) is 10.4. The van der Waals surface area contributed by atoms with Crippen LogP contribution in [0.1, 0.15) is 51.6 Å². The van der Waals surface area contributed by atoms with Gasteiger partial charge in [0.05, 0.1) is 12.6 Å². The molecule has 1 heterocycles. The molecule has 0 spiro atoms. The Morgan fingerprint density at radius 3 is 2.81 bits per heavy atom. The summed E-state index contributed by atoms with van der Waals surface area (Å²) in [5, 5.41) is 13.6. The number of aliphatic hydroxyl groups is 1. The summed E-state index contributed by atoms with van der Waals surface area (Å²) in [4.78, 5) is 12.7. The van der Waals surface area contributed by atoms with Gasteiger partial charge >= 0.3 is 5.97 Å². The molecule has 146 valence electrons. The van der Waals surface area contributed by atoms with Gasteiger partial charge in [-0.2, -0.15) is 0 Å². The van der Waals surface area contributed by atoms with E-state index in [2.05, 4.69) is 44.3 Å². The zero-order chi connectivity index (χ0) is 19.2. The minimum absolute atomic E-state index is 0.0978. The van der Waals surface area contributed by atoms with Crippen molar-refractivity contribution in [2.45, 2.75) is 58.3 Å². The van der Waals surface area contributed by atoms with Crippen LogP contribution in [0.4, 0.5) is 0 Å². The number of ether oxygens (including phenoxy) is 1. The number of quaternary nitrogens is 1. The molecule has 0 bridgehead atoms. The van der Waals surface area contributed by atoms with Crippen molar-refractivity contribution in [2.24, 2.45) is 23.2 Å². The maximum atomic E-state index is 12.7. The van der Waals surface area contributed by atoms with Crippen LogP contribution in [0.5, 0.6) is 0 Å². The molecule has 0 aromatic heterocycles. The summed E-state index contributed by atoms with van der Waals surface area (Å²) in [7, 11) is 0. The van der Waals surface area contributed by atoms with E-state index in [-0.39, 0.29) is 35.4 Å². The molecule has 0 amide bonds. The number of esters is 1. The van der Waals surface area contributed by atoms with Crippen molar-refractivity contribution in [3.8, 4) is 0 Å². The quantitative estimate of drug-likeness (QED) is 0.633. The first-order valence-corrected chi connectivity index (χ1v) is 10.4. The fraction of sp³-hybridized carbons (Fsp3) is 0.609. The third kappa shape index (κ3) is 3.03. The molecule has 1 aromatic carbocycles. The molecule has 1 aromatic rings. The molecule has 27 heavy (non-hydrogen) atoms. The second-order valence-corrected chi connectivity index (χ2v) is 8.97. The smallest absolute Gasteiger partial charge is 0.315 e. The van der Waals surface area contributed by atoms with E-state index in [1.807, 2.05) is 18.2 Å². The number of benzene rings is 1. The van der Waals surface area contributed by atoms with Crippen molar-refractivity contribution in [1.82, 2.24) is 0 Å². The van der Waals surface area contributed by atoms with E-state index in [0.29, 0.717) is 12.5 Å². The Labute approximate surface area is 162 Å². The normalized spacial score (nSPS) is 39.2. The second kappa shape index (κ2) is 7.06. The van der Waals surface area contributed by atoms with Crippen molar-refractivity contribution in [3.63, 3.8) is 0 Å². The maximum Gasteiger partial charge on any atom is 0.315 e. The highest BCUT2D eigenvalue weighted by Gasteiger charge is 2.60. The number of allylic oxidation sites excluding steroid dienone is 1. The Bertz CT molecular complexity index is 730. The lowest BCUT2D eigenvalue weighted by atomic mass is 9.55. The number of aliphatic hydroxyl groups excluding tert-OH is 1. The molecule has 7 atom stereocenters. The predicted molar refractivity (Wildman–Crippen MR) is 104 cm³/mol. The molecule has 3 N–H and O–H groups in total. The lowest BCUT2D eigenvalue weighted by Crippen LogP contribution is -2.86. The van der Waals surface area contributed by atoms with Crippen LogP contribution >= 0.6 is 0 Å². The van der Waals surface area contributed by atoms with Crippen molar-refractivity contribution in [3.05, 3.63) is 47.5 Å². The van der Waals surface area contributed by atoms with Crippen LogP contribution in [0.15, 0.2) is 42.0 Å². The molecular formula is C23H32NO3+. The molecule has 4 heteroatoms. The van der Waals surface area contributed by atoms with Crippen LogP contribution in [0.2, 0.25) is 0 Å². The van der Waals surface area contributed by atoms with Crippen LogP contribution in [-0.4, -0.2) is 29.8 Å². The van der Waals surface area contributed by atoms with E-state index in [4.69, 9.17) is 4.74 Å². The zero-order valence-electron chi connectivity index (χ0n) is 16.6. The van der Waals surface area contributed by atoms with Gasteiger partial charge < -0.3 is 15.2 Å². The number of hydrogen-bond acceptors (Lipinski definition) is 3. The molecule has 2 fully saturated rings. The first kappa shape index (κ1) is 18.7. The van der Waals surface area contributed by atoms with Gasteiger partial charge in [0.15, 0.2) is 0 Å². The van der Waals surface area contributed by atoms with Gasteiger partial charge in [0.2, 0.25) is 0 Å². The second-order valence-electron chi connectivity index (χ2n) is 8.97. The summed E-state index contributed by atoms with van der Waals surface area (Å²) in [6, 6.07) is 10.6. The van der Waals surface area contributed by atoms with E-state index in [1.165, 1.54) is 11.1 Å². The highest BCUT2D eigenvalue weighted by molar-refractivity contribution is 5.76. The Hall–Kier alpha value is -1.65. The summed E-state index contributed by atoms with van der Waals surface area (Å²) in [5.41, 5.74) is 2.32. The fourth-order valence-corrected chi connectivity index (χ4v) is 5.57. The Morgan fingerprint density at radius 2 is 2.07 bits per heavy atom. The van der Waals surface area contributed by atoms with E-state index in [0.717, 1.165) is 19.3 Å². The Balaban J connectivity index is 1.52. The largest absolute Gasteiger partial charge is 0.461 e. The molecule has 4 rings (SSSR count). The lowest BCUT2D eigenvalue weighted by Gasteiger charge is -2.51. The number of hydrogen-bond donors (Lipinski definition) is 2. The molecular weight excluding hydrogens is 338 g/mol. The van der Waals surface area contributed by atoms with Gasteiger partial charge in [-0.3, -0.25) is 4.79 Å². The lowest BCUT2D eigenvalue weighted by molar-refractivity contribution is -0.697. The van der Waals surface area contributed by atoms with Gasteiger partial charge in [0, 0.05) is 23.3 Å². The Kier molecular flexibility index (Phi) is 4.89. The van der Waals surface area contributed by atoms with E-state index in [9.17, 15) is 9.90 Å². The number of fused-ring (bicyclic) bond motifs is 2. The van der Waals surface area contributed by atoms with Crippen LogP contribution in [0.3, 0.4) is 0 Å². The average molecular weight is 371 g/mol. The van der Waals surface area contributed by atoms with Crippen molar-refractivity contribution in [1.29, 1.82) is 0 Å². The number of carbonyl (C=O) groups is 1. The van der Waals surface area contributed by atoms with Gasteiger partial charge in [0.1, 0.15) is 18.1 Å². The van der Waals surface area contributed by atoms with Gasteiger partial charge in [-0.05, 0) is 25.7 Å². The molecule has 1 aliphatic heterocycles. The van der Waals surface area contributed by atoms with Gasteiger partial charge in [-0.25, -0.2) is 0 Å². The summed E-state index contributed by atoms with van der Waals surface area (Å²) in [6.45, 7) is 7.26. The van der Waals surface area contributed by atoms with Crippen molar-refractivity contribution >= 4 is 5.97 Å². The summed E-state index contributed by atoms with van der Waals surface area (Å²) < 4.78 is 5.76. The maximum absolute atomic E-state index is 12.7. The Morgan fingerprint density at radius 1 is 1.33 bits per heavy atom. The number of nitrogens with two attached hydrogens (primary N) is 1. The molecule has 0 unspecified atom stereocenters. The minimum Gasteiger partial charge on any atom is -0.461 e. The third-order valence-corrected chi connectivity index (χ3v) is 7.64. The van der Waals surface area contributed by atoms with Gasteiger partial charge in [0.25, 0.3) is 0 Å². The van der Waals surface area contributed by atoms with E-state index in [1.54, 1.807) is 0 Å². The number of rotatable bonds is 4. The standard InChI is InChI=1S/C23H31NO3/c1-14-8-7-11-17-12-19-20(21(25)23(14,17)3)18(22(26)27-19)13-24-15(2)16-9-5-4-6-10-16/h4-6,9-11,14-15,18-21,24-25H,7-8,12-13H2,1-3H3/p+1/t14-,15+,18+,19-,20-,21-,23-/m1/s1. The van der Waals surface area contributed by atoms with E-state index < -0.39 is 6.10 Å². The fourth-order valence-electron chi connectivity index (χ4n) is 5.57. The summed E-state index contributed by atoms with van der Waals surface area (Å²) in [6.07, 6.45) is 4.56. The summed E-state index contributed by atoms with van der Waals surface area (Å²) >= 11 is 0. The van der Waals surface area contributed by atoms with Gasteiger partial charge in [-0.15, -0.1) is 0 Å². The topological polar surface area (TPSA) is 63.1 Å². The average Bonchev–Trinajstić information content (AvgIpc) is 2.98. The molecule has 2 aliphatic carbocycles. The zero-order valence-corrected chi connectivity index (χ0v) is 16.6. The van der Waals surface area contributed by atoms with Crippen LogP contribution in [0.25, 0.3) is 0 Å². The van der Waals surface area contributed by atoms with Crippen LogP contribution in [-0.2, 0) is 9.53 Å². The monoisotopic (exact) mass is 370 g/mol. The van der Waals surface area contributed by atoms with Crippen LogP contribution < -0.4 is 5.32 Å². The van der Waals surface area contributed by atoms with Crippen LogP contribution in [0, 0.1) is 23.2 Å². The molecule has 3 aliphatic rings. The summed E-state index contributed by atoms with van der Waals surface area (Å²) in [5.74, 6) is -0.0313. The number of carbonyl (C=O) groups excluding carboxylic acids is 1.